The Hall–Kier alpha value is -1.67. The van der Waals surface area contributed by atoms with E-state index in [1.165, 1.54) is 14.0 Å². The van der Waals surface area contributed by atoms with Gasteiger partial charge in [0.05, 0.1) is 18.1 Å². The van der Waals surface area contributed by atoms with Crippen molar-refractivity contribution in [2.24, 2.45) is 5.41 Å². The van der Waals surface area contributed by atoms with E-state index in [0.29, 0.717) is 0 Å². The largest absolute Gasteiger partial charge is 0.395 e. The van der Waals surface area contributed by atoms with Crippen LogP contribution in [0.5, 0.6) is 0 Å². The molecule has 8 heteroatoms. The van der Waals surface area contributed by atoms with Crippen LogP contribution in [0.25, 0.3) is 0 Å². The van der Waals surface area contributed by atoms with Gasteiger partial charge in [-0.3, -0.25) is 14.4 Å². The molecule has 1 heterocycles. The fraction of sp³-hybridized carbons (Fsp3) is 0.750. The molecule has 0 aromatic rings. The molecule has 0 saturated carbocycles. The van der Waals surface area contributed by atoms with E-state index in [1.807, 2.05) is 0 Å². The van der Waals surface area contributed by atoms with Crippen LogP contribution >= 0.6 is 0 Å². The van der Waals surface area contributed by atoms with Gasteiger partial charge < -0.3 is 26.2 Å². The summed E-state index contributed by atoms with van der Waals surface area (Å²) in [5, 5.41) is 26.3. The van der Waals surface area contributed by atoms with Crippen molar-refractivity contribution < 1.29 is 24.6 Å². The molecule has 0 spiro atoms. The molecule has 0 aromatic carbocycles. The van der Waals surface area contributed by atoms with Crippen molar-refractivity contribution in [3.63, 3.8) is 0 Å². The highest BCUT2D eigenvalue weighted by atomic mass is 16.3. The molecule has 20 heavy (non-hydrogen) atoms. The smallest absolute Gasteiger partial charge is 0.245 e. The van der Waals surface area contributed by atoms with Gasteiger partial charge in [-0.15, -0.1) is 0 Å². The molecule has 1 aliphatic rings. The standard InChI is InChI=1S/C12H21N3O5/c1-7(17)9(10(19)13-2)15-11(20)12(6-16)3-4-14-8(18)5-12/h7,9,16-17H,3-6H2,1-2H3,(H,13,19)(H,14,18)(H,15,20)/t7-,9+,12?/m1/s1. The molecule has 0 radical (unpaired) electrons. The average molecular weight is 287 g/mol. The summed E-state index contributed by atoms with van der Waals surface area (Å²) in [6, 6.07) is -1.12. The average Bonchev–Trinajstić information content (AvgIpc) is 2.43. The Bertz CT molecular complexity index is 399. The number of carbonyl (C=O) groups is 3. The van der Waals surface area contributed by atoms with Gasteiger partial charge in [-0.05, 0) is 13.3 Å². The van der Waals surface area contributed by atoms with Crippen LogP contribution < -0.4 is 16.0 Å². The second kappa shape index (κ2) is 6.67. The van der Waals surface area contributed by atoms with Crippen LogP contribution in [0.1, 0.15) is 19.8 Å². The first-order chi connectivity index (χ1) is 9.36. The molecule has 5 N–H and O–H groups in total. The fourth-order valence-corrected chi connectivity index (χ4v) is 2.16. The highest BCUT2D eigenvalue weighted by molar-refractivity contribution is 5.93. The number of aliphatic hydroxyl groups is 2. The van der Waals surface area contributed by atoms with E-state index in [2.05, 4.69) is 16.0 Å². The Morgan fingerprint density at radius 1 is 1.50 bits per heavy atom. The summed E-state index contributed by atoms with van der Waals surface area (Å²) in [6.45, 7) is 1.16. The van der Waals surface area contributed by atoms with Gasteiger partial charge >= 0.3 is 0 Å². The minimum Gasteiger partial charge on any atom is -0.395 e. The molecule has 1 saturated heterocycles. The lowest BCUT2D eigenvalue weighted by atomic mass is 9.78. The van der Waals surface area contributed by atoms with E-state index in [0.717, 1.165) is 0 Å². The van der Waals surface area contributed by atoms with E-state index < -0.39 is 36.0 Å². The summed E-state index contributed by atoms with van der Waals surface area (Å²) in [7, 11) is 1.39. The van der Waals surface area contributed by atoms with E-state index >= 15 is 0 Å². The summed E-state index contributed by atoms with van der Waals surface area (Å²) in [4.78, 5) is 35.3. The minimum atomic E-state index is -1.25. The van der Waals surface area contributed by atoms with Crippen LogP contribution in [0.4, 0.5) is 0 Å². The molecular weight excluding hydrogens is 266 g/mol. The molecule has 0 bridgehead atoms. The summed E-state index contributed by atoms with van der Waals surface area (Å²) >= 11 is 0. The van der Waals surface area contributed by atoms with Crippen molar-refractivity contribution in [1.82, 2.24) is 16.0 Å². The molecule has 1 rings (SSSR count). The fourth-order valence-electron chi connectivity index (χ4n) is 2.16. The van der Waals surface area contributed by atoms with Crippen molar-refractivity contribution in [2.45, 2.75) is 31.9 Å². The SMILES string of the molecule is CNC(=O)[C@@H](NC(=O)C1(CO)CCNC(=O)C1)[C@@H](C)O. The maximum absolute atomic E-state index is 12.3. The first kappa shape index (κ1) is 16.4. The Morgan fingerprint density at radius 3 is 2.60 bits per heavy atom. The maximum Gasteiger partial charge on any atom is 0.245 e. The zero-order valence-corrected chi connectivity index (χ0v) is 11.6. The number of amides is 3. The van der Waals surface area contributed by atoms with Gasteiger partial charge in [0, 0.05) is 20.0 Å². The van der Waals surface area contributed by atoms with E-state index in [-0.39, 0.29) is 25.3 Å². The molecule has 1 aliphatic heterocycles. The van der Waals surface area contributed by atoms with Gasteiger partial charge in [-0.1, -0.05) is 0 Å². The molecule has 114 valence electrons. The van der Waals surface area contributed by atoms with Gasteiger partial charge in [-0.25, -0.2) is 0 Å². The highest BCUT2D eigenvalue weighted by Crippen LogP contribution is 2.29. The number of piperidine rings is 1. The Labute approximate surface area is 116 Å². The topological polar surface area (TPSA) is 128 Å². The molecule has 1 fully saturated rings. The minimum absolute atomic E-state index is 0.143. The lowest BCUT2D eigenvalue weighted by molar-refractivity contribution is -0.145. The third-order valence-electron chi connectivity index (χ3n) is 3.51. The Kier molecular flexibility index (Phi) is 5.46. The van der Waals surface area contributed by atoms with Crippen molar-refractivity contribution >= 4 is 17.7 Å². The zero-order chi connectivity index (χ0) is 15.3. The van der Waals surface area contributed by atoms with Crippen molar-refractivity contribution in [3.05, 3.63) is 0 Å². The van der Waals surface area contributed by atoms with Crippen LogP contribution in [-0.2, 0) is 14.4 Å². The second-order valence-electron chi connectivity index (χ2n) is 5.02. The van der Waals surface area contributed by atoms with Gasteiger partial charge in [0.2, 0.25) is 17.7 Å². The van der Waals surface area contributed by atoms with Gasteiger partial charge in [0.25, 0.3) is 0 Å². The number of carbonyl (C=O) groups excluding carboxylic acids is 3. The van der Waals surface area contributed by atoms with Crippen molar-refractivity contribution in [1.29, 1.82) is 0 Å². The van der Waals surface area contributed by atoms with Crippen LogP contribution in [0.2, 0.25) is 0 Å². The molecule has 3 atom stereocenters. The molecule has 1 unspecified atom stereocenters. The molecular formula is C12H21N3O5. The normalized spacial score (nSPS) is 25.3. The van der Waals surface area contributed by atoms with Crippen molar-refractivity contribution in [3.8, 4) is 0 Å². The molecule has 3 amide bonds. The Balaban J connectivity index is 2.85. The van der Waals surface area contributed by atoms with Crippen LogP contribution in [0, 0.1) is 5.41 Å². The lowest BCUT2D eigenvalue weighted by Crippen LogP contribution is -2.58. The first-order valence-electron chi connectivity index (χ1n) is 6.44. The van der Waals surface area contributed by atoms with Crippen LogP contribution in [0.15, 0.2) is 0 Å². The van der Waals surface area contributed by atoms with E-state index in [4.69, 9.17) is 0 Å². The van der Waals surface area contributed by atoms with Crippen LogP contribution in [-0.4, -0.2) is 60.3 Å². The Morgan fingerprint density at radius 2 is 2.15 bits per heavy atom. The van der Waals surface area contributed by atoms with E-state index in [1.54, 1.807) is 0 Å². The van der Waals surface area contributed by atoms with E-state index in [9.17, 15) is 24.6 Å². The lowest BCUT2D eigenvalue weighted by Gasteiger charge is -2.35. The van der Waals surface area contributed by atoms with Crippen molar-refractivity contribution in [2.75, 3.05) is 20.2 Å². The number of nitrogens with one attached hydrogen (secondary N) is 3. The summed E-state index contributed by atoms with van der Waals surface area (Å²) < 4.78 is 0. The summed E-state index contributed by atoms with van der Waals surface area (Å²) in [5.41, 5.74) is -1.25. The zero-order valence-electron chi connectivity index (χ0n) is 11.6. The maximum atomic E-state index is 12.3. The quantitative estimate of drug-likeness (QED) is 0.381. The monoisotopic (exact) mass is 287 g/mol. The predicted octanol–water partition coefficient (Wildman–Crippen LogP) is -2.51. The number of hydrogen-bond acceptors (Lipinski definition) is 5. The summed E-state index contributed by atoms with van der Waals surface area (Å²) in [5.74, 6) is -1.47. The van der Waals surface area contributed by atoms with Gasteiger partial charge in [0.1, 0.15) is 6.04 Å². The third-order valence-corrected chi connectivity index (χ3v) is 3.51. The number of aliphatic hydroxyl groups excluding tert-OH is 2. The molecule has 8 nitrogen and oxygen atoms in total. The highest BCUT2D eigenvalue weighted by Gasteiger charge is 2.43. The molecule has 0 aromatic heterocycles. The second-order valence-corrected chi connectivity index (χ2v) is 5.02. The number of hydrogen-bond donors (Lipinski definition) is 5. The third kappa shape index (κ3) is 3.45. The summed E-state index contributed by atoms with van der Waals surface area (Å²) in [6.07, 6.45) is -0.955. The van der Waals surface area contributed by atoms with Gasteiger partial charge in [-0.2, -0.15) is 0 Å². The van der Waals surface area contributed by atoms with Gasteiger partial charge in [0.15, 0.2) is 0 Å². The predicted molar refractivity (Wildman–Crippen MR) is 69.4 cm³/mol. The van der Waals surface area contributed by atoms with Crippen LogP contribution in [0.3, 0.4) is 0 Å². The number of rotatable bonds is 5. The number of likely N-dealkylation sites (N-methyl/N-ethyl adjacent to an activating group) is 1. The first-order valence-corrected chi connectivity index (χ1v) is 6.44. The molecule has 0 aliphatic carbocycles.